The highest BCUT2D eigenvalue weighted by atomic mass is 19.2. The minimum atomic E-state index is -0.917. The summed E-state index contributed by atoms with van der Waals surface area (Å²) in [6.07, 6.45) is 0.879. The molecule has 2 aromatic carbocycles. The fourth-order valence-corrected chi connectivity index (χ4v) is 2.31. The average molecular weight is 333 g/mol. The van der Waals surface area contributed by atoms with Crippen molar-refractivity contribution >= 4 is 5.91 Å². The van der Waals surface area contributed by atoms with E-state index < -0.39 is 11.6 Å². The number of aryl methyl sites for hydroxylation is 1. The molecule has 0 spiro atoms. The molecule has 2 rings (SSSR count). The largest absolute Gasteiger partial charge is 0.494 e. The molecular formula is C19H21F2NO2. The number of carbonyl (C=O) groups is 1. The fourth-order valence-electron chi connectivity index (χ4n) is 2.31. The smallest absolute Gasteiger partial charge is 0.220 e. The van der Waals surface area contributed by atoms with Crippen molar-refractivity contribution < 1.29 is 18.3 Å². The maximum absolute atomic E-state index is 13.2. The second kappa shape index (κ2) is 8.43. The Morgan fingerprint density at radius 3 is 2.67 bits per heavy atom. The summed E-state index contributed by atoms with van der Waals surface area (Å²) in [5.74, 6) is -1.18. The molecule has 0 aliphatic rings. The van der Waals surface area contributed by atoms with Gasteiger partial charge in [0.2, 0.25) is 5.91 Å². The van der Waals surface area contributed by atoms with Gasteiger partial charge in [0, 0.05) is 6.42 Å². The van der Waals surface area contributed by atoms with Gasteiger partial charge in [0.1, 0.15) is 5.75 Å². The van der Waals surface area contributed by atoms with Crippen LogP contribution in [0.15, 0.2) is 42.5 Å². The lowest BCUT2D eigenvalue weighted by molar-refractivity contribution is -0.121. The van der Waals surface area contributed by atoms with Gasteiger partial charge in [0.15, 0.2) is 11.6 Å². The van der Waals surface area contributed by atoms with Gasteiger partial charge < -0.3 is 10.1 Å². The summed E-state index contributed by atoms with van der Waals surface area (Å²) < 4.78 is 31.7. The van der Waals surface area contributed by atoms with Crippen LogP contribution in [0.1, 0.15) is 36.9 Å². The second-order valence-corrected chi connectivity index (χ2v) is 5.73. The van der Waals surface area contributed by atoms with Crippen molar-refractivity contribution in [3.63, 3.8) is 0 Å². The molecule has 0 aromatic heterocycles. The number of halogens is 2. The first-order chi connectivity index (χ1) is 11.5. The van der Waals surface area contributed by atoms with E-state index in [1.165, 1.54) is 6.07 Å². The van der Waals surface area contributed by atoms with E-state index in [1.54, 1.807) is 6.92 Å². The number of amides is 1. The first kappa shape index (κ1) is 17.9. The first-order valence-corrected chi connectivity index (χ1v) is 7.89. The van der Waals surface area contributed by atoms with Gasteiger partial charge >= 0.3 is 0 Å². The molecule has 0 aliphatic carbocycles. The normalized spacial score (nSPS) is 11.8. The molecule has 0 saturated heterocycles. The molecule has 5 heteroatoms. The van der Waals surface area contributed by atoms with Gasteiger partial charge in [-0.3, -0.25) is 4.79 Å². The zero-order chi connectivity index (χ0) is 17.5. The van der Waals surface area contributed by atoms with E-state index in [9.17, 15) is 13.6 Å². The highest BCUT2D eigenvalue weighted by Crippen LogP contribution is 2.16. The van der Waals surface area contributed by atoms with Crippen LogP contribution in [0.5, 0.6) is 5.75 Å². The molecule has 1 N–H and O–H groups in total. The van der Waals surface area contributed by atoms with Crippen LogP contribution in [0.2, 0.25) is 0 Å². The average Bonchev–Trinajstić information content (AvgIpc) is 2.54. The van der Waals surface area contributed by atoms with Crippen molar-refractivity contribution in [1.29, 1.82) is 0 Å². The molecule has 1 amide bonds. The number of hydrogen-bond donors (Lipinski definition) is 1. The van der Waals surface area contributed by atoms with E-state index in [-0.39, 0.29) is 11.9 Å². The van der Waals surface area contributed by atoms with Crippen molar-refractivity contribution in [2.45, 2.75) is 32.7 Å². The van der Waals surface area contributed by atoms with Crippen LogP contribution in [0, 0.1) is 18.6 Å². The van der Waals surface area contributed by atoms with Crippen LogP contribution in [0.4, 0.5) is 8.78 Å². The van der Waals surface area contributed by atoms with Gasteiger partial charge in [-0.15, -0.1) is 0 Å². The molecule has 0 unspecified atom stereocenters. The fraction of sp³-hybridized carbons (Fsp3) is 0.316. The molecular weight excluding hydrogens is 312 g/mol. The monoisotopic (exact) mass is 333 g/mol. The molecule has 0 radical (unpaired) electrons. The van der Waals surface area contributed by atoms with E-state index in [4.69, 9.17) is 4.74 Å². The summed E-state index contributed by atoms with van der Waals surface area (Å²) in [6, 6.07) is 10.9. The molecule has 3 nitrogen and oxygen atoms in total. The molecule has 0 heterocycles. The third-order valence-electron chi connectivity index (χ3n) is 3.63. The van der Waals surface area contributed by atoms with Crippen LogP contribution in [-0.4, -0.2) is 12.5 Å². The van der Waals surface area contributed by atoms with Gasteiger partial charge in [-0.25, -0.2) is 8.78 Å². The Bertz CT molecular complexity index is 704. The Kier molecular flexibility index (Phi) is 6.29. The van der Waals surface area contributed by atoms with Crippen molar-refractivity contribution in [3.05, 3.63) is 65.2 Å². The number of ether oxygens (including phenoxy) is 1. The zero-order valence-corrected chi connectivity index (χ0v) is 13.8. The molecule has 1 atom stereocenters. The Labute approximate surface area is 140 Å². The summed E-state index contributed by atoms with van der Waals surface area (Å²) in [5.41, 5.74) is 1.64. The van der Waals surface area contributed by atoms with Gasteiger partial charge in [0.25, 0.3) is 0 Å². The molecule has 24 heavy (non-hydrogen) atoms. The third kappa shape index (κ3) is 5.33. The van der Waals surface area contributed by atoms with Gasteiger partial charge in [0.05, 0.1) is 12.6 Å². The summed E-state index contributed by atoms with van der Waals surface area (Å²) in [6.45, 7) is 4.16. The van der Waals surface area contributed by atoms with Crippen LogP contribution < -0.4 is 10.1 Å². The van der Waals surface area contributed by atoms with Crippen molar-refractivity contribution in [1.82, 2.24) is 5.32 Å². The lowest BCUT2D eigenvalue weighted by atomic mass is 10.1. The topological polar surface area (TPSA) is 38.3 Å². The Morgan fingerprint density at radius 1 is 1.17 bits per heavy atom. The quantitative estimate of drug-likeness (QED) is 0.767. The molecule has 0 fully saturated rings. The molecule has 0 aliphatic heterocycles. The minimum Gasteiger partial charge on any atom is -0.494 e. The predicted octanol–water partition coefficient (Wildman–Crippen LogP) is 4.31. The first-order valence-electron chi connectivity index (χ1n) is 7.89. The molecule has 0 bridgehead atoms. The third-order valence-corrected chi connectivity index (χ3v) is 3.63. The molecule has 128 valence electrons. The lowest BCUT2D eigenvalue weighted by Crippen LogP contribution is -2.26. The molecule has 2 aromatic rings. The van der Waals surface area contributed by atoms with Crippen LogP contribution >= 0.6 is 0 Å². The number of nitrogens with one attached hydrogen (secondary N) is 1. The minimum absolute atomic E-state index is 0.153. The van der Waals surface area contributed by atoms with Gasteiger partial charge in [-0.05, 0) is 55.7 Å². The summed E-state index contributed by atoms with van der Waals surface area (Å²) >= 11 is 0. The lowest BCUT2D eigenvalue weighted by Gasteiger charge is -2.14. The van der Waals surface area contributed by atoms with Crippen LogP contribution in [0.25, 0.3) is 0 Å². The summed E-state index contributed by atoms with van der Waals surface area (Å²) in [5, 5.41) is 2.77. The van der Waals surface area contributed by atoms with E-state index >= 15 is 0 Å². The van der Waals surface area contributed by atoms with E-state index in [2.05, 4.69) is 5.32 Å². The number of rotatable bonds is 7. The van der Waals surface area contributed by atoms with Crippen molar-refractivity contribution in [3.8, 4) is 5.75 Å². The molecule has 0 saturated carbocycles. The number of benzene rings is 2. The Balaban J connectivity index is 1.73. The maximum Gasteiger partial charge on any atom is 0.220 e. The van der Waals surface area contributed by atoms with E-state index in [0.29, 0.717) is 25.0 Å². The maximum atomic E-state index is 13.2. The van der Waals surface area contributed by atoms with Gasteiger partial charge in [-0.2, -0.15) is 0 Å². The van der Waals surface area contributed by atoms with Crippen LogP contribution in [0.3, 0.4) is 0 Å². The SMILES string of the molecule is Cc1cccc(OCCCC(=O)N[C@H](C)c2ccc(F)c(F)c2)c1. The van der Waals surface area contributed by atoms with Crippen molar-refractivity contribution in [2.75, 3.05) is 6.61 Å². The van der Waals surface area contributed by atoms with Crippen LogP contribution in [-0.2, 0) is 4.79 Å². The van der Waals surface area contributed by atoms with Crippen molar-refractivity contribution in [2.24, 2.45) is 0 Å². The zero-order valence-electron chi connectivity index (χ0n) is 13.8. The highest BCUT2D eigenvalue weighted by Gasteiger charge is 2.12. The van der Waals surface area contributed by atoms with E-state index in [1.807, 2.05) is 31.2 Å². The summed E-state index contributed by atoms with van der Waals surface area (Å²) in [4.78, 5) is 11.9. The van der Waals surface area contributed by atoms with Gasteiger partial charge in [-0.1, -0.05) is 18.2 Å². The number of carbonyl (C=O) groups excluding carboxylic acids is 1. The summed E-state index contributed by atoms with van der Waals surface area (Å²) in [7, 11) is 0. The highest BCUT2D eigenvalue weighted by molar-refractivity contribution is 5.76. The van der Waals surface area contributed by atoms with E-state index in [0.717, 1.165) is 23.4 Å². The Hall–Kier alpha value is -2.43. The predicted molar refractivity (Wildman–Crippen MR) is 88.8 cm³/mol. The standard InChI is InChI=1S/C19H21F2NO2/c1-13-5-3-6-16(11-13)24-10-4-7-19(23)22-14(2)15-8-9-17(20)18(21)12-15/h3,5-6,8-9,11-12,14H,4,7,10H2,1-2H3,(H,22,23)/t14-/m1/s1. The Morgan fingerprint density at radius 2 is 1.96 bits per heavy atom. The second-order valence-electron chi connectivity index (χ2n) is 5.73. The number of hydrogen-bond acceptors (Lipinski definition) is 2.